The molecule has 2 heterocycles. The number of hydrogen-bond donors (Lipinski definition) is 0. The third-order valence-corrected chi connectivity index (χ3v) is 9.39. The van der Waals surface area contributed by atoms with Crippen LogP contribution in [0.2, 0.25) is 0 Å². The van der Waals surface area contributed by atoms with Gasteiger partial charge in [0.1, 0.15) is 22.2 Å². The fourth-order valence-electron chi connectivity index (χ4n) is 4.99. The molecule has 1 fully saturated rings. The quantitative estimate of drug-likeness (QED) is 0.318. The van der Waals surface area contributed by atoms with Crippen LogP contribution in [-0.4, -0.2) is 47.2 Å². The van der Waals surface area contributed by atoms with Crippen LogP contribution in [0.15, 0.2) is 34.1 Å². The van der Waals surface area contributed by atoms with Crippen molar-refractivity contribution < 1.29 is 19.1 Å². The lowest BCUT2D eigenvalue weighted by atomic mass is 9.97. The minimum atomic E-state index is -1.15. The fourth-order valence-corrected chi connectivity index (χ4v) is 6.68. The molecule has 1 saturated carbocycles. The summed E-state index contributed by atoms with van der Waals surface area (Å²) in [5.74, 6) is -0.562. The molecular formula is C29H39BrN2O4S. The smallest absolute Gasteiger partial charge is 0.332 e. The van der Waals surface area contributed by atoms with Crippen LogP contribution in [0.1, 0.15) is 94.3 Å². The molecule has 1 aromatic carbocycles. The van der Waals surface area contributed by atoms with Crippen molar-refractivity contribution in [3.63, 3.8) is 0 Å². The first-order chi connectivity index (χ1) is 17.4. The summed E-state index contributed by atoms with van der Waals surface area (Å²) in [6.07, 6.45) is 5.90. The Morgan fingerprint density at radius 2 is 1.76 bits per heavy atom. The summed E-state index contributed by atoms with van der Waals surface area (Å²) < 4.78 is 13.4. The lowest BCUT2D eigenvalue weighted by Gasteiger charge is -2.45. The number of halogens is 1. The highest BCUT2D eigenvalue weighted by Gasteiger charge is 2.46. The molecule has 1 aliphatic heterocycles. The molecule has 0 saturated heterocycles. The number of rotatable bonds is 7. The van der Waals surface area contributed by atoms with E-state index in [0.29, 0.717) is 12.1 Å². The fraction of sp³-hybridized carbons (Fsp3) is 0.586. The van der Waals surface area contributed by atoms with E-state index in [0.717, 1.165) is 32.8 Å². The predicted octanol–water partition coefficient (Wildman–Crippen LogP) is 7.25. The molecular weight excluding hydrogens is 552 g/mol. The molecule has 0 spiro atoms. The number of amides is 1. The zero-order valence-corrected chi connectivity index (χ0v) is 25.2. The second-order valence-corrected chi connectivity index (χ2v) is 14.0. The van der Waals surface area contributed by atoms with Gasteiger partial charge >= 0.3 is 5.97 Å². The maximum atomic E-state index is 13.8. The first-order valence-corrected chi connectivity index (χ1v) is 14.8. The molecule has 1 unspecified atom stereocenters. The highest BCUT2D eigenvalue weighted by atomic mass is 79.9. The Morgan fingerprint density at radius 3 is 2.38 bits per heavy atom. The van der Waals surface area contributed by atoms with Crippen LogP contribution in [0.25, 0.3) is 0 Å². The van der Waals surface area contributed by atoms with Crippen molar-refractivity contribution in [2.45, 2.75) is 97.0 Å². The van der Waals surface area contributed by atoms with Crippen LogP contribution >= 0.6 is 27.3 Å². The van der Waals surface area contributed by atoms with Gasteiger partial charge in [0.05, 0.1) is 28.7 Å². The third kappa shape index (κ3) is 6.23. The maximum absolute atomic E-state index is 13.8. The van der Waals surface area contributed by atoms with Crippen LogP contribution in [0.3, 0.4) is 0 Å². The van der Waals surface area contributed by atoms with Crippen LogP contribution in [0.5, 0.6) is 0 Å². The lowest BCUT2D eigenvalue weighted by molar-refractivity contribution is -0.166. The van der Waals surface area contributed by atoms with E-state index in [1.54, 1.807) is 30.1 Å². The predicted molar refractivity (Wildman–Crippen MR) is 152 cm³/mol. The van der Waals surface area contributed by atoms with Gasteiger partial charge in [0, 0.05) is 0 Å². The molecule has 1 aromatic heterocycles. The largest absolute Gasteiger partial charge is 0.458 e. The van der Waals surface area contributed by atoms with E-state index in [-0.39, 0.29) is 24.8 Å². The van der Waals surface area contributed by atoms with Crippen LogP contribution in [-0.2, 0) is 14.3 Å². The number of esters is 1. The average Bonchev–Trinajstić information content (AvgIpc) is 3.15. The second-order valence-electron chi connectivity index (χ2n) is 11.6. The van der Waals surface area contributed by atoms with Crippen molar-refractivity contribution in [1.82, 2.24) is 4.90 Å². The Hall–Kier alpha value is -1.90. The molecule has 6 nitrogen and oxygen atoms in total. The van der Waals surface area contributed by atoms with Gasteiger partial charge in [0.2, 0.25) is 0 Å². The van der Waals surface area contributed by atoms with Crippen LogP contribution in [0.4, 0.5) is 5.00 Å². The highest BCUT2D eigenvalue weighted by molar-refractivity contribution is 9.11. The van der Waals surface area contributed by atoms with E-state index in [1.807, 2.05) is 45.9 Å². The van der Waals surface area contributed by atoms with Gasteiger partial charge in [-0.15, -0.1) is 11.3 Å². The Labute approximate surface area is 233 Å². The average molecular weight is 592 g/mol. The van der Waals surface area contributed by atoms with Gasteiger partial charge in [0.25, 0.3) is 5.91 Å². The van der Waals surface area contributed by atoms with E-state index in [4.69, 9.17) is 9.47 Å². The normalized spacial score (nSPS) is 18.1. The Kier molecular flexibility index (Phi) is 8.41. The van der Waals surface area contributed by atoms with E-state index in [2.05, 4.69) is 33.0 Å². The number of carbonyl (C=O) groups is 2. The van der Waals surface area contributed by atoms with Gasteiger partial charge in [0.15, 0.2) is 0 Å². The number of benzene rings is 1. The topological polar surface area (TPSA) is 59.1 Å². The summed E-state index contributed by atoms with van der Waals surface area (Å²) in [6, 6.07) is 10.3. The summed E-state index contributed by atoms with van der Waals surface area (Å²) in [6.45, 7) is 11.9. The molecule has 0 radical (unpaired) electrons. The molecule has 37 heavy (non-hydrogen) atoms. The van der Waals surface area contributed by atoms with E-state index >= 15 is 0 Å². The molecule has 2 aromatic rings. The van der Waals surface area contributed by atoms with Crippen molar-refractivity contribution in [3.05, 3.63) is 50.8 Å². The van der Waals surface area contributed by atoms with Crippen molar-refractivity contribution in [2.24, 2.45) is 0 Å². The number of nitrogens with zero attached hydrogens (tertiary/aromatic N) is 2. The van der Waals surface area contributed by atoms with Crippen molar-refractivity contribution in [1.29, 1.82) is 0 Å². The van der Waals surface area contributed by atoms with Crippen molar-refractivity contribution >= 4 is 44.1 Å². The minimum absolute atomic E-state index is 0.147. The third-order valence-electron chi connectivity index (χ3n) is 7.17. The molecule has 1 atom stereocenters. The van der Waals surface area contributed by atoms with Gasteiger partial charge in [-0.05, 0) is 81.4 Å². The summed E-state index contributed by atoms with van der Waals surface area (Å²) in [5, 5.41) is 0.916. The lowest BCUT2D eigenvalue weighted by Crippen LogP contribution is -2.60. The summed E-state index contributed by atoms with van der Waals surface area (Å²) in [4.78, 5) is 31.0. The number of ether oxygens (including phenoxy) is 2. The van der Waals surface area contributed by atoms with Gasteiger partial charge in [-0.3, -0.25) is 4.79 Å². The molecule has 4 rings (SSSR count). The van der Waals surface area contributed by atoms with Gasteiger partial charge in [-0.2, -0.15) is 0 Å². The Morgan fingerprint density at radius 1 is 1.11 bits per heavy atom. The van der Waals surface area contributed by atoms with E-state index in [1.165, 1.54) is 19.3 Å². The number of anilines is 1. The molecule has 2 aliphatic rings. The molecule has 8 heteroatoms. The van der Waals surface area contributed by atoms with Crippen LogP contribution < -0.4 is 4.90 Å². The van der Waals surface area contributed by atoms with Crippen molar-refractivity contribution in [2.75, 3.05) is 18.1 Å². The van der Waals surface area contributed by atoms with E-state index < -0.39 is 17.1 Å². The highest BCUT2D eigenvalue weighted by Crippen LogP contribution is 2.44. The molecule has 202 valence electrons. The number of hydrogen-bond acceptors (Lipinski definition) is 6. The van der Waals surface area contributed by atoms with Gasteiger partial charge in [-0.1, -0.05) is 49.6 Å². The Balaban J connectivity index is 1.69. The van der Waals surface area contributed by atoms with Crippen LogP contribution in [0, 0.1) is 6.92 Å². The molecule has 1 aliphatic carbocycles. The second kappa shape index (κ2) is 11.1. The first-order valence-electron chi connectivity index (χ1n) is 13.2. The number of thiophene rings is 1. The Bertz CT molecular complexity index is 1120. The zero-order valence-electron chi connectivity index (χ0n) is 22.8. The molecule has 0 N–H and O–H groups in total. The van der Waals surface area contributed by atoms with Gasteiger partial charge < -0.3 is 19.3 Å². The zero-order chi connectivity index (χ0) is 27.0. The maximum Gasteiger partial charge on any atom is 0.332 e. The first kappa shape index (κ1) is 28.1. The number of fused-ring (bicyclic) bond motifs is 1. The summed E-state index contributed by atoms with van der Waals surface area (Å²) in [7, 11) is 0. The number of carbonyl (C=O) groups excluding carboxylic acids is 2. The monoisotopic (exact) mass is 590 g/mol. The summed E-state index contributed by atoms with van der Waals surface area (Å²) >= 11 is 5.23. The minimum Gasteiger partial charge on any atom is -0.458 e. The molecule has 0 bridgehead atoms. The van der Waals surface area contributed by atoms with Crippen molar-refractivity contribution in [3.8, 4) is 0 Å². The van der Waals surface area contributed by atoms with Gasteiger partial charge in [-0.25, -0.2) is 4.79 Å². The molecule has 1 amide bonds. The SMILES string of the molecule is Cc1c(Br)sc2c1C(=O)N(C(C)(C)C(=O)OC(C)(C)C)CN2CC(OC1CCCCC1)c1ccccc1. The van der Waals surface area contributed by atoms with E-state index in [9.17, 15) is 9.59 Å². The summed E-state index contributed by atoms with van der Waals surface area (Å²) in [5.41, 5.74) is 0.865. The standard InChI is InChI=1S/C29H39BrN2O4S/c1-19-23-25(33)32(29(5,6)27(34)36-28(2,3)4)18-31(26(23)37-24(19)30)17-22(20-13-9-7-10-14-20)35-21-15-11-8-12-16-21/h7,9-10,13-14,21-22H,8,11-12,15-18H2,1-6H3.